The van der Waals surface area contributed by atoms with Crippen molar-refractivity contribution in [3.05, 3.63) is 0 Å². The summed E-state index contributed by atoms with van der Waals surface area (Å²) in [5, 5.41) is 6.32. The highest BCUT2D eigenvalue weighted by molar-refractivity contribution is 5.81. The van der Waals surface area contributed by atoms with Gasteiger partial charge in [-0.3, -0.25) is 4.79 Å². The van der Waals surface area contributed by atoms with Crippen LogP contribution in [0.5, 0.6) is 0 Å². The van der Waals surface area contributed by atoms with E-state index in [1.54, 1.807) is 0 Å². The van der Waals surface area contributed by atoms with Gasteiger partial charge in [0.2, 0.25) is 5.91 Å². The summed E-state index contributed by atoms with van der Waals surface area (Å²) in [7, 11) is 0. The predicted molar refractivity (Wildman–Crippen MR) is 73.5 cm³/mol. The highest BCUT2D eigenvalue weighted by Crippen LogP contribution is 2.19. The second-order valence-electron chi connectivity index (χ2n) is 5.61. The molecular weight excluding hydrogens is 226 g/mol. The van der Waals surface area contributed by atoms with E-state index in [1.165, 1.54) is 32.5 Å². The zero-order chi connectivity index (χ0) is 12.8. The average molecular weight is 253 g/mol. The minimum atomic E-state index is 0.0759. The Morgan fingerprint density at radius 2 is 2.11 bits per heavy atom. The van der Waals surface area contributed by atoms with Crippen LogP contribution in [-0.2, 0) is 4.79 Å². The summed E-state index contributed by atoms with van der Waals surface area (Å²) in [5.41, 5.74) is 0. The van der Waals surface area contributed by atoms with Gasteiger partial charge in [0.25, 0.3) is 0 Å². The van der Waals surface area contributed by atoms with Crippen LogP contribution in [0.4, 0.5) is 0 Å². The average Bonchev–Trinajstić information content (AvgIpc) is 2.93. The molecule has 2 N–H and O–H groups in total. The molecule has 2 heterocycles. The molecule has 2 rings (SSSR count). The van der Waals surface area contributed by atoms with E-state index in [2.05, 4.69) is 22.5 Å². The summed E-state index contributed by atoms with van der Waals surface area (Å²) in [6.07, 6.45) is 5.88. The topological polar surface area (TPSA) is 44.4 Å². The fourth-order valence-electron chi connectivity index (χ4n) is 3.02. The summed E-state index contributed by atoms with van der Waals surface area (Å²) >= 11 is 0. The largest absolute Gasteiger partial charge is 0.355 e. The SMILES string of the molecule is CCN1CCC(CCNC(=O)[C@@H]2CCCN2)CC1. The number of likely N-dealkylation sites (tertiary alicyclic amines) is 1. The van der Waals surface area contributed by atoms with Gasteiger partial charge in [-0.2, -0.15) is 0 Å². The normalized spacial score (nSPS) is 26.4. The molecule has 0 radical (unpaired) electrons. The molecule has 0 aromatic carbocycles. The smallest absolute Gasteiger partial charge is 0.237 e. The Hall–Kier alpha value is -0.610. The molecule has 104 valence electrons. The number of nitrogens with zero attached hydrogens (tertiary/aromatic N) is 1. The summed E-state index contributed by atoms with van der Waals surface area (Å²) in [6, 6.07) is 0.0759. The van der Waals surface area contributed by atoms with E-state index >= 15 is 0 Å². The molecule has 0 saturated carbocycles. The van der Waals surface area contributed by atoms with Gasteiger partial charge in [0.15, 0.2) is 0 Å². The zero-order valence-electron chi connectivity index (χ0n) is 11.6. The van der Waals surface area contributed by atoms with Crippen molar-refractivity contribution in [2.75, 3.05) is 32.7 Å². The summed E-state index contributed by atoms with van der Waals surface area (Å²) < 4.78 is 0. The summed E-state index contributed by atoms with van der Waals surface area (Å²) in [4.78, 5) is 14.3. The Morgan fingerprint density at radius 1 is 1.33 bits per heavy atom. The molecule has 1 amide bonds. The van der Waals surface area contributed by atoms with E-state index in [1.807, 2.05) is 0 Å². The number of carbonyl (C=O) groups is 1. The number of piperidine rings is 1. The Morgan fingerprint density at radius 3 is 2.72 bits per heavy atom. The summed E-state index contributed by atoms with van der Waals surface area (Å²) in [5.74, 6) is 1.02. The molecule has 2 aliphatic heterocycles. The van der Waals surface area contributed by atoms with E-state index in [9.17, 15) is 4.79 Å². The van der Waals surface area contributed by atoms with E-state index in [-0.39, 0.29) is 11.9 Å². The fraction of sp³-hybridized carbons (Fsp3) is 0.929. The van der Waals surface area contributed by atoms with Crippen molar-refractivity contribution in [2.24, 2.45) is 5.92 Å². The summed E-state index contributed by atoms with van der Waals surface area (Å²) in [6.45, 7) is 7.73. The molecule has 18 heavy (non-hydrogen) atoms. The van der Waals surface area contributed by atoms with Crippen molar-refractivity contribution in [2.45, 2.75) is 45.1 Å². The molecule has 0 bridgehead atoms. The highest BCUT2D eigenvalue weighted by Gasteiger charge is 2.22. The third kappa shape index (κ3) is 3.95. The lowest BCUT2D eigenvalue weighted by molar-refractivity contribution is -0.122. The van der Waals surface area contributed by atoms with Crippen molar-refractivity contribution in [3.63, 3.8) is 0 Å². The van der Waals surface area contributed by atoms with Crippen molar-refractivity contribution in [3.8, 4) is 0 Å². The Kier molecular flexibility index (Phi) is 5.45. The van der Waals surface area contributed by atoms with E-state index in [0.29, 0.717) is 0 Å². The number of amides is 1. The third-order valence-corrected chi connectivity index (χ3v) is 4.38. The highest BCUT2D eigenvalue weighted by atomic mass is 16.2. The van der Waals surface area contributed by atoms with Crippen LogP contribution >= 0.6 is 0 Å². The number of nitrogens with one attached hydrogen (secondary N) is 2. The van der Waals surface area contributed by atoms with Gasteiger partial charge >= 0.3 is 0 Å². The molecule has 2 aliphatic rings. The van der Waals surface area contributed by atoms with Crippen LogP contribution in [0, 0.1) is 5.92 Å². The minimum absolute atomic E-state index is 0.0759. The van der Waals surface area contributed by atoms with Crippen LogP contribution in [0.1, 0.15) is 39.0 Å². The number of hydrogen-bond acceptors (Lipinski definition) is 3. The number of rotatable bonds is 5. The van der Waals surface area contributed by atoms with Gasteiger partial charge in [0, 0.05) is 6.54 Å². The first-order valence-corrected chi connectivity index (χ1v) is 7.53. The van der Waals surface area contributed by atoms with Crippen LogP contribution in [0.15, 0.2) is 0 Å². The molecule has 4 heteroatoms. The maximum absolute atomic E-state index is 11.8. The molecule has 0 unspecified atom stereocenters. The monoisotopic (exact) mass is 253 g/mol. The van der Waals surface area contributed by atoms with Gasteiger partial charge in [-0.05, 0) is 64.2 Å². The quantitative estimate of drug-likeness (QED) is 0.767. The van der Waals surface area contributed by atoms with Gasteiger partial charge in [-0.15, -0.1) is 0 Å². The molecule has 0 spiro atoms. The van der Waals surface area contributed by atoms with Gasteiger partial charge in [-0.25, -0.2) is 0 Å². The zero-order valence-corrected chi connectivity index (χ0v) is 11.6. The molecule has 0 aliphatic carbocycles. The molecule has 2 fully saturated rings. The van der Waals surface area contributed by atoms with Crippen LogP contribution in [-0.4, -0.2) is 49.6 Å². The molecule has 1 atom stereocenters. The Balaban J connectivity index is 1.56. The molecule has 0 aromatic rings. The lowest BCUT2D eigenvalue weighted by Gasteiger charge is -2.31. The maximum Gasteiger partial charge on any atom is 0.237 e. The van der Waals surface area contributed by atoms with Crippen LogP contribution in [0.2, 0.25) is 0 Å². The van der Waals surface area contributed by atoms with E-state index < -0.39 is 0 Å². The third-order valence-electron chi connectivity index (χ3n) is 4.38. The van der Waals surface area contributed by atoms with Gasteiger partial charge in [0.1, 0.15) is 0 Å². The first-order chi connectivity index (χ1) is 8.79. The molecule has 2 saturated heterocycles. The predicted octanol–water partition coefficient (Wildman–Crippen LogP) is 0.977. The number of hydrogen-bond donors (Lipinski definition) is 2. The Bertz CT molecular complexity index is 256. The van der Waals surface area contributed by atoms with Gasteiger partial charge in [-0.1, -0.05) is 6.92 Å². The van der Waals surface area contributed by atoms with Crippen molar-refractivity contribution < 1.29 is 4.79 Å². The van der Waals surface area contributed by atoms with Crippen LogP contribution in [0.3, 0.4) is 0 Å². The van der Waals surface area contributed by atoms with E-state index in [0.717, 1.165) is 38.3 Å². The first kappa shape index (κ1) is 13.8. The lowest BCUT2D eigenvalue weighted by Crippen LogP contribution is -2.41. The minimum Gasteiger partial charge on any atom is -0.355 e. The van der Waals surface area contributed by atoms with Crippen LogP contribution in [0.25, 0.3) is 0 Å². The van der Waals surface area contributed by atoms with Gasteiger partial charge in [0.05, 0.1) is 6.04 Å². The Labute approximate surface area is 110 Å². The van der Waals surface area contributed by atoms with Crippen molar-refractivity contribution in [1.82, 2.24) is 15.5 Å². The lowest BCUT2D eigenvalue weighted by atomic mass is 9.93. The maximum atomic E-state index is 11.8. The molecule has 0 aromatic heterocycles. The van der Waals surface area contributed by atoms with Gasteiger partial charge < -0.3 is 15.5 Å². The van der Waals surface area contributed by atoms with E-state index in [4.69, 9.17) is 0 Å². The fourth-order valence-corrected chi connectivity index (χ4v) is 3.02. The molecule has 4 nitrogen and oxygen atoms in total. The second kappa shape index (κ2) is 7.10. The number of carbonyl (C=O) groups excluding carboxylic acids is 1. The first-order valence-electron chi connectivity index (χ1n) is 7.53. The van der Waals surface area contributed by atoms with Crippen molar-refractivity contribution in [1.29, 1.82) is 0 Å². The second-order valence-corrected chi connectivity index (χ2v) is 5.61. The molecular formula is C14H27N3O. The van der Waals surface area contributed by atoms with Crippen molar-refractivity contribution >= 4 is 5.91 Å². The standard InChI is InChI=1S/C14H27N3O/c1-2-17-10-6-12(7-11-17)5-9-16-14(18)13-4-3-8-15-13/h12-13,15H,2-11H2,1H3,(H,16,18)/t13-/m0/s1. The van der Waals surface area contributed by atoms with Crippen LogP contribution < -0.4 is 10.6 Å².